The largest absolute Gasteiger partial charge is 0.204 e. The molecule has 0 fully saturated rings. The molecule has 0 N–H and O–H groups in total. The number of alkyl halides is 1. The third-order valence-corrected chi connectivity index (χ3v) is 4.43. The van der Waals surface area contributed by atoms with Crippen LogP contribution in [0.25, 0.3) is 0 Å². The summed E-state index contributed by atoms with van der Waals surface area (Å²) in [6.07, 6.45) is 0.394. The first kappa shape index (κ1) is 14.7. The van der Waals surface area contributed by atoms with Gasteiger partial charge >= 0.3 is 0 Å². The first-order valence-electron chi connectivity index (χ1n) is 5.82. The summed E-state index contributed by atoms with van der Waals surface area (Å²) in [5.41, 5.74) is 2.54. The van der Waals surface area contributed by atoms with E-state index in [1.165, 1.54) is 6.07 Å². The molecule has 0 aliphatic rings. The van der Waals surface area contributed by atoms with Crippen molar-refractivity contribution in [2.24, 2.45) is 0 Å². The monoisotopic (exact) mass is 388 g/mol. The number of rotatable bonds is 3. The van der Waals surface area contributed by atoms with Crippen LogP contribution in [0.15, 0.2) is 40.9 Å². The molecule has 0 aliphatic heterocycles. The van der Waals surface area contributed by atoms with Crippen LogP contribution in [0.5, 0.6) is 0 Å². The summed E-state index contributed by atoms with van der Waals surface area (Å²) in [5, 5.41) is 0. The molecule has 0 nitrogen and oxygen atoms in total. The Hall–Kier alpha value is -0.740. The van der Waals surface area contributed by atoms with Crippen LogP contribution in [0, 0.1) is 18.6 Å². The van der Waals surface area contributed by atoms with Crippen LogP contribution in [0.3, 0.4) is 0 Å². The average molecular weight is 390 g/mol. The highest BCUT2D eigenvalue weighted by atomic mass is 79.9. The number of hydrogen-bond acceptors (Lipinski definition) is 0. The van der Waals surface area contributed by atoms with Crippen molar-refractivity contribution in [1.29, 1.82) is 0 Å². The van der Waals surface area contributed by atoms with E-state index in [4.69, 9.17) is 0 Å². The molecule has 0 amide bonds. The predicted octanol–water partition coefficient (Wildman–Crippen LogP) is 5.71. The van der Waals surface area contributed by atoms with Gasteiger partial charge in [-0.15, -0.1) is 0 Å². The van der Waals surface area contributed by atoms with E-state index >= 15 is 0 Å². The Labute approximate surface area is 128 Å². The Morgan fingerprint density at radius 2 is 1.89 bits per heavy atom. The molecule has 4 heteroatoms. The Bertz CT molecular complexity index is 597. The lowest BCUT2D eigenvalue weighted by molar-refractivity contribution is 0.498. The molecule has 100 valence electrons. The van der Waals surface area contributed by atoms with Gasteiger partial charge in [-0.25, -0.2) is 8.78 Å². The lowest BCUT2D eigenvalue weighted by Crippen LogP contribution is -2.01. The molecule has 0 bridgehead atoms. The number of halogens is 4. The fourth-order valence-electron chi connectivity index (χ4n) is 1.90. The minimum Gasteiger partial charge on any atom is -0.204 e. The van der Waals surface area contributed by atoms with Crippen LogP contribution in [0.4, 0.5) is 8.78 Å². The Morgan fingerprint density at radius 1 is 1.16 bits per heavy atom. The first-order valence-corrected chi connectivity index (χ1v) is 7.53. The number of aryl methyl sites for hydroxylation is 1. The van der Waals surface area contributed by atoms with Crippen LogP contribution in [0.1, 0.15) is 21.5 Å². The molecular weight excluding hydrogens is 378 g/mol. The van der Waals surface area contributed by atoms with Gasteiger partial charge in [-0.05, 0) is 42.2 Å². The van der Waals surface area contributed by atoms with Gasteiger partial charge in [-0.1, -0.05) is 56.1 Å². The molecule has 2 aromatic carbocycles. The second-order valence-electron chi connectivity index (χ2n) is 4.41. The quantitative estimate of drug-likeness (QED) is 0.589. The SMILES string of the molecule is Cc1ccc(C(Br)Cc2cccc(F)c2F)c(Br)c1. The molecule has 1 unspecified atom stereocenters. The third-order valence-electron chi connectivity index (χ3n) is 2.92. The van der Waals surface area contributed by atoms with E-state index in [0.717, 1.165) is 21.7 Å². The van der Waals surface area contributed by atoms with Gasteiger partial charge in [-0.3, -0.25) is 0 Å². The molecular formula is C15H12Br2F2. The van der Waals surface area contributed by atoms with E-state index in [2.05, 4.69) is 31.9 Å². The van der Waals surface area contributed by atoms with Crippen LogP contribution >= 0.6 is 31.9 Å². The first-order chi connectivity index (χ1) is 8.99. The lowest BCUT2D eigenvalue weighted by atomic mass is 10.0. The lowest BCUT2D eigenvalue weighted by Gasteiger charge is -2.13. The van der Waals surface area contributed by atoms with Gasteiger partial charge < -0.3 is 0 Å². The second kappa shape index (κ2) is 6.14. The summed E-state index contributed by atoms with van der Waals surface area (Å²) in [4.78, 5) is -0.0706. The van der Waals surface area contributed by atoms with Crippen molar-refractivity contribution in [2.45, 2.75) is 18.2 Å². The molecule has 2 aromatic rings. The van der Waals surface area contributed by atoms with E-state index in [1.807, 2.05) is 25.1 Å². The van der Waals surface area contributed by atoms with Crippen molar-refractivity contribution >= 4 is 31.9 Å². The zero-order chi connectivity index (χ0) is 14.0. The van der Waals surface area contributed by atoms with Crippen LogP contribution in [-0.2, 0) is 6.42 Å². The smallest absolute Gasteiger partial charge is 0.162 e. The van der Waals surface area contributed by atoms with Crippen LogP contribution in [-0.4, -0.2) is 0 Å². The maximum atomic E-state index is 13.6. The summed E-state index contributed by atoms with van der Waals surface area (Å²) in [5.74, 6) is -1.57. The average Bonchev–Trinajstić information content (AvgIpc) is 2.34. The van der Waals surface area contributed by atoms with E-state index in [-0.39, 0.29) is 4.83 Å². The van der Waals surface area contributed by atoms with Crippen molar-refractivity contribution in [3.8, 4) is 0 Å². The van der Waals surface area contributed by atoms with Crippen molar-refractivity contribution < 1.29 is 8.78 Å². The van der Waals surface area contributed by atoms with Crippen LogP contribution in [0.2, 0.25) is 0 Å². The summed E-state index contributed by atoms with van der Waals surface area (Å²) >= 11 is 7.03. The molecule has 0 saturated carbocycles. The number of hydrogen-bond donors (Lipinski definition) is 0. The Balaban J connectivity index is 2.25. The van der Waals surface area contributed by atoms with Gasteiger partial charge in [0.2, 0.25) is 0 Å². The molecule has 0 spiro atoms. The molecule has 0 saturated heterocycles. The summed E-state index contributed by atoms with van der Waals surface area (Å²) < 4.78 is 27.8. The molecule has 19 heavy (non-hydrogen) atoms. The zero-order valence-electron chi connectivity index (χ0n) is 10.3. The molecule has 2 rings (SSSR count). The maximum absolute atomic E-state index is 13.6. The summed E-state index contributed by atoms with van der Waals surface area (Å²) in [6.45, 7) is 2.00. The van der Waals surface area contributed by atoms with Gasteiger partial charge in [0.1, 0.15) is 0 Å². The Morgan fingerprint density at radius 3 is 2.58 bits per heavy atom. The highest BCUT2D eigenvalue weighted by Crippen LogP contribution is 2.33. The third kappa shape index (κ3) is 3.42. The van der Waals surface area contributed by atoms with E-state index in [0.29, 0.717) is 12.0 Å². The summed E-state index contributed by atoms with van der Waals surface area (Å²) in [7, 11) is 0. The molecule has 0 heterocycles. The maximum Gasteiger partial charge on any atom is 0.162 e. The van der Waals surface area contributed by atoms with Gasteiger partial charge in [0, 0.05) is 9.30 Å². The fraction of sp³-hybridized carbons (Fsp3) is 0.200. The second-order valence-corrected chi connectivity index (χ2v) is 6.37. The predicted molar refractivity (Wildman–Crippen MR) is 80.6 cm³/mol. The van der Waals surface area contributed by atoms with Gasteiger partial charge in [-0.2, -0.15) is 0 Å². The van der Waals surface area contributed by atoms with Crippen molar-refractivity contribution in [3.05, 3.63) is 69.2 Å². The van der Waals surface area contributed by atoms with Gasteiger partial charge in [0.25, 0.3) is 0 Å². The van der Waals surface area contributed by atoms with E-state index < -0.39 is 11.6 Å². The topological polar surface area (TPSA) is 0 Å². The highest BCUT2D eigenvalue weighted by Gasteiger charge is 2.15. The van der Waals surface area contributed by atoms with Gasteiger partial charge in [0.15, 0.2) is 11.6 Å². The standard InChI is InChI=1S/C15H12Br2F2/c1-9-5-6-11(12(16)7-9)13(17)8-10-3-2-4-14(18)15(10)19/h2-7,13H,8H2,1H3. The molecule has 0 aliphatic carbocycles. The van der Waals surface area contributed by atoms with Crippen molar-refractivity contribution in [2.75, 3.05) is 0 Å². The molecule has 1 atom stereocenters. The number of benzene rings is 2. The summed E-state index contributed by atoms with van der Waals surface area (Å²) in [6, 6.07) is 10.2. The normalized spacial score (nSPS) is 12.5. The van der Waals surface area contributed by atoms with E-state index in [1.54, 1.807) is 6.07 Å². The van der Waals surface area contributed by atoms with Crippen molar-refractivity contribution in [1.82, 2.24) is 0 Å². The Kier molecular flexibility index (Phi) is 4.74. The fourth-order valence-corrected chi connectivity index (χ4v) is 3.72. The van der Waals surface area contributed by atoms with Crippen LogP contribution < -0.4 is 0 Å². The minimum absolute atomic E-state index is 0.0706. The minimum atomic E-state index is -0.805. The van der Waals surface area contributed by atoms with Crippen molar-refractivity contribution in [3.63, 3.8) is 0 Å². The zero-order valence-corrected chi connectivity index (χ0v) is 13.4. The highest BCUT2D eigenvalue weighted by molar-refractivity contribution is 9.11. The molecule has 0 aromatic heterocycles. The van der Waals surface area contributed by atoms with Gasteiger partial charge in [0.05, 0.1) is 0 Å². The van der Waals surface area contributed by atoms with E-state index in [9.17, 15) is 8.78 Å². The molecule has 0 radical (unpaired) electrons.